The minimum absolute atomic E-state index is 0.829. The van der Waals surface area contributed by atoms with Gasteiger partial charge in [0.05, 0.1) is 63.9 Å². The van der Waals surface area contributed by atoms with E-state index in [2.05, 4.69) is 16.0 Å². The summed E-state index contributed by atoms with van der Waals surface area (Å²) in [6.07, 6.45) is -54.9. The molecule has 0 aromatic rings. The normalized spacial score (nSPS) is 42.6. The monoisotopic (exact) mass is 1190 g/mol. The molecule has 5 aliphatic heterocycles. The molecule has 36 heteroatoms. The highest BCUT2D eigenvalue weighted by Crippen LogP contribution is 2.38. The van der Waals surface area contributed by atoms with Crippen molar-refractivity contribution in [1.82, 2.24) is 16.0 Å². The molecular weight excluding hydrogens is 1110 g/mol. The van der Waals surface area contributed by atoms with Crippen LogP contribution in [0, 0.1) is 0 Å². The average molecular weight is 1190 g/mol. The molecule has 30 atom stereocenters. The van der Waals surface area contributed by atoms with Crippen molar-refractivity contribution in [3.63, 3.8) is 0 Å². The Morgan fingerprint density at radius 1 is 0.568 bits per heavy atom. The van der Waals surface area contributed by atoms with E-state index < -0.39 is 253 Å². The molecule has 0 radical (unpaired) electrons. The van der Waals surface area contributed by atoms with E-state index in [0.29, 0.717) is 0 Å². The third-order valence-corrected chi connectivity index (χ3v) is 14.2. The second-order valence-electron chi connectivity index (χ2n) is 20.2. The van der Waals surface area contributed by atoms with Gasteiger partial charge in [-0.1, -0.05) is 0 Å². The number of aliphatic carboxylic acids is 1. The molecule has 0 spiro atoms. The second kappa shape index (κ2) is 29.7. The number of carboxylic acids is 1. The van der Waals surface area contributed by atoms with Crippen LogP contribution in [0.15, 0.2) is 0 Å². The summed E-state index contributed by atoms with van der Waals surface area (Å²) in [5.74, 6) is -7.87. The van der Waals surface area contributed by atoms with Crippen LogP contribution >= 0.6 is 0 Å². The third kappa shape index (κ3) is 15.8. The smallest absolute Gasteiger partial charge is 0.364 e. The zero-order valence-electron chi connectivity index (χ0n) is 43.9. The highest BCUT2D eigenvalue weighted by Gasteiger charge is 2.59. The molecule has 0 saturated carbocycles. The summed E-state index contributed by atoms with van der Waals surface area (Å²) in [6.45, 7) is -2.85. The standard InChI is InChI=1S/C45H77N3O33/c1-12-25(60)31(66)33(68)41(73-12)80-39-38(79-40-24(48-15(4)56)36(29(64)21(9-52)74-40)78-42-34(69)32(67)28(63)20(8-51)75-42)30(65)22(10-53)76-43(39)77-35(16(6-49)46-13(2)54)27(62)19(59)11-72-45(44(70)71)5-17(57)23(47-14(3)55)37(81-45)26(61)18(58)7-50/h12,16-43,49-53,57-69H,5-11H2,1-4H3,(H,46,54)(H,47,55)(H,48,56)(H,70,71)/t12-,16-,17-,18+,19+,20+,21+,22+,23+,24+,25+,26+,27-,28-,29-,30-,31+,32-,33-,34+,35+,36+,37+,38-,39+,40+,41-,42+,43-,45+/m0/s1. The van der Waals surface area contributed by atoms with E-state index in [1.807, 2.05) is 0 Å². The van der Waals surface area contributed by atoms with Crippen molar-refractivity contribution in [3.8, 4) is 0 Å². The fourth-order valence-corrected chi connectivity index (χ4v) is 9.83. The molecule has 5 saturated heterocycles. The van der Waals surface area contributed by atoms with Gasteiger partial charge in [-0.2, -0.15) is 0 Å². The first-order chi connectivity index (χ1) is 38.0. The van der Waals surface area contributed by atoms with E-state index in [1.54, 1.807) is 0 Å². The molecule has 0 aromatic carbocycles. The number of hydrogen-bond donors (Lipinski definition) is 22. The fraction of sp³-hybridized carbons (Fsp3) is 0.911. The Morgan fingerprint density at radius 2 is 1.06 bits per heavy atom. The minimum atomic E-state index is -3.11. The van der Waals surface area contributed by atoms with Gasteiger partial charge in [0.15, 0.2) is 25.2 Å². The van der Waals surface area contributed by atoms with Gasteiger partial charge in [-0.15, -0.1) is 0 Å². The van der Waals surface area contributed by atoms with Crippen LogP contribution in [0.5, 0.6) is 0 Å². The SMILES string of the molecule is CC(=O)N[C@H]1[C@@H](O[C@H]2[C@@H](O)[C@@H](CO)O[C@@H](O[C@@H]([C@@H](O)[C@H](O)CO[C@]3(C(=O)O)C[C@H](O)[C@@H](NC(C)=O)[C@H]([C@H](O)[C@H](O)CO)O3)[C@H](CO)NC(C)=O)[C@@H]2O[C@@H]2O[C@@H](C)[C@@H](O)[C@@H](O)[C@@H]2O)O[C@H](CO)[C@H](O)[C@@H]1O[C@H]1O[C@H](CO)[C@H](O)[C@H](O)[C@H]1O. The number of nitrogens with one attached hydrogen (secondary N) is 3. The Morgan fingerprint density at radius 3 is 1.59 bits per heavy atom. The number of aliphatic hydroxyl groups is 18. The van der Waals surface area contributed by atoms with Crippen molar-refractivity contribution >= 4 is 23.7 Å². The van der Waals surface area contributed by atoms with Crippen molar-refractivity contribution in [3.05, 3.63) is 0 Å². The van der Waals surface area contributed by atoms with Crippen LogP contribution in [-0.4, -0.2) is 344 Å². The number of rotatable bonds is 25. The molecule has 5 fully saturated rings. The summed E-state index contributed by atoms with van der Waals surface area (Å²) < 4.78 is 58.3. The minimum Gasteiger partial charge on any atom is -0.477 e. The van der Waals surface area contributed by atoms with Crippen LogP contribution in [0.2, 0.25) is 0 Å². The number of ether oxygens (including phenoxy) is 10. The van der Waals surface area contributed by atoms with E-state index in [-0.39, 0.29) is 0 Å². The number of aliphatic hydroxyl groups excluding tert-OH is 18. The summed E-state index contributed by atoms with van der Waals surface area (Å²) in [4.78, 5) is 50.4. The first-order valence-electron chi connectivity index (χ1n) is 25.5. The molecule has 5 aliphatic rings. The van der Waals surface area contributed by atoms with Crippen LogP contribution < -0.4 is 16.0 Å². The molecule has 3 amide bonds. The van der Waals surface area contributed by atoms with Crippen LogP contribution in [-0.2, 0) is 66.5 Å². The van der Waals surface area contributed by atoms with Gasteiger partial charge in [-0.3, -0.25) is 14.4 Å². The van der Waals surface area contributed by atoms with Crippen molar-refractivity contribution in [2.24, 2.45) is 0 Å². The highest BCUT2D eigenvalue weighted by molar-refractivity contribution is 5.77. The van der Waals surface area contributed by atoms with Gasteiger partial charge in [0.2, 0.25) is 17.7 Å². The third-order valence-electron chi connectivity index (χ3n) is 14.2. The van der Waals surface area contributed by atoms with Crippen LogP contribution in [0.1, 0.15) is 34.1 Å². The van der Waals surface area contributed by atoms with E-state index in [1.165, 1.54) is 6.92 Å². The summed E-state index contributed by atoms with van der Waals surface area (Å²) in [7, 11) is 0. The number of carbonyl (C=O) groups is 4. The van der Waals surface area contributed by atoms with E-state index in [0.717, 1.165) is 20.8 Å². The van der Waals surface area contributed by atoms with Crippen LogP contribution in [0.25, 0.3) is 0 Å². The lowest BCUT2D eigenvalue weighted by atomic mass is 9.88. The van der Waals surface area contributed by atoms with Crippen LogP contribution in [0.3, 0.4) is 0 Å². The number of hydrogen-bond acceptors (Lipinski definition) is 32. The Kier molecular flexibility index (Phi) is 25.1. The summed E-state index contributed by atoms with van der Waals surface area (Å²) in [6, 6.07) is -5.43. The zero-order valence-corrected chi connectivity index (χ0v) is 43.9. The van der Waals surface area contributed by atoms with Gasteiger partial charge in [-0.25, -0.2) is 4.79 Å². The molecule has 0 aliphatic carbocycles. The van der Waals surface area contributed by atoms with Gasteiger partial charge in [-0.05, 0) is 6.92 Å². The van der Waals surface area contributed by atoms with Crippen molar-refractivity contribution in [1.29, 1.82) is 0 Å². The number of amides is 3. The molecule has 5 heterocycles. The lowest BCUT2D eigenvalue weighted by Gasteiger charge is -2.51. The maximum Gasteiger partial charge on any atom is 0.364 e. The van der Waals surface area contributed by atoms with Gasteiger partial charge < -0.3 is 160 Å². The molecule has 5 rings (SSSR count). The van der Waals surface area contributed by atoms with E-state index in [4.69, 9.17) is 47.4 Å². The Hall–Kier alpha value is -3.24. The topological polar surface area (TPSA) is 581 Å². The fourth-order valence-electron chi connectivity index (χ4n) is 9.83. The quantitative estimate of drug-likeness (QED) is 0.0404. The molecule has 470 valence electrons. The Labute approximate surface area is 459 Å². The van der Waals surface area contributed by atoms with E-state index >= 15 is 0 Å². The maximum atomic E-state index is 12.9. The van der Waals surface area contributed by atoms with E-state index in [9.17, 15) is 116 Å². The molecule has 22 N–H and O–H groups in total. The van der Waals surface area contributed by atoms with Gasteiger partial charge in [0, 0.05) is 27.2 Å². The average Bonchev–Trinajstić information content (AvgIpc) is 3.44. The summed E-state index contributed by atoms with van der Waals surface area (Å²) >= 11 is 0. The second-order valence-corrected chi connectivity index (χ2v) is 20.2. The predicted octanol–water partition coefficient (Wildman–Crippen LogP) is -13.8. The zero-order chi connectivity index (χ0) is 60.7. The maximum absolute atomic E-state index is 12.9. The molecule has 36 nitrogen and oxygen atoms in total. The van der Waals surface area contributed by atoms with Crippen molar-refractivity contribution < 1.29 is 164 Å². The lowest BCUT2D eigenvalue weighted by Crippen LogP contribution is -2.70. The summed E-state index contributed by atoms with van der Waals surface area (Å²) in [5, 5.41) is 212. The molecular formula is C45H77N3O33. The van der Waals surface area contributed by atoms with Gasteiger partial charge >= 0.3 is 5.97 Å². The molecule has 0 bridgehead atoms. The van der Waals surface area contributed by atoms with Crippen LogP contribution in [0.4, 0.5) is 0 Å². The Balaban J connectivity index is 1.57. The highest BCUT2D eigenvalue weighted by atomic mass is 16.8. The number of carboxylic acid groups (broad SMARTS) is 1. The lowest BCUT2D eigenvalue weighted by molar-refractivity contribution is -0.396. The first kappa shape index (κ1) is 68.5. The largest absolute Gasteiger partial charge is 0.477 e. The molecule has 0 aromatic heterocycles. The summed E-state index contributed by atoms with van der Waals surface area (Å²) in [5.41, 5.74) is 0. The predicted molar refractivity (Wildman–Crippen MR) is 252 cm³/mol. The Bertz CT molecular complexity index is 2020. The van der Waals surface area contributed by atoms with Gasteiger partial charge in [0.1, 0.15) is 128 Å². The molecule has 81 heavy (non-hydrogen) atoms. The van der Waals surface area contributed by atoms with Gasteiger partial charge in [0.25, 0.3) is 5.79 Å². The van der Waals surface area contributed by atoms with Crippen molar-refractivity contribution in [2.45, 2.75) is 217 Å². The first-order valence-corrected chi connectivity index (χ1v) is 25.5. The molecule has 0 unspecified atom stereocenters. The number of carbonyl (C=O) groups excluding carboxylic acids is 3. The van der Waals surface area contributed by atoms with Crippen molar-refractivity contribution in [2.75, 3.05) is 39.6 Å².